The minimum Gasteiger partial charge on any atom is -0.507 e. The normalized spacial score (nSPS) is 14.6. The zero-order valence-electron chi connectivity index (χ0n) is 13.1. The summed E-state index contributed by atoms with van der Waals surface area (Å²) in [5.74, 6) is 0.463. The molecule has 1 aliphatic carbocycles. The Bertz CT molecular complexity index is 661. The lowest BCUT2D eigenvalue weighted by Crippen LogP contribution is -2.12. The number of hydrogen-bond donors (Lipinski definition) is 3. The first-order valence-corrected chi connectivity index (χ1v) is 8.15. The van der Waals surface area contributed by atoms with Crippen LogP contribution in [0.3, 0.4) is 0 Å². The highest BCUT2D eigenvalue weighted by atomic mass is 16.3. The monoisotopic (exact) mass is 310 g/mol. The van der Waals surface area contributed by atoms with E-state index in [1.165, 1.54) is 31.7 Å². The Labute approximate surface area is 136 Å². The van der Waals surface area contributed by atoms with Crippen LogP contribution in [-0.4, -0.2) is 17.6 Å². The minimum absolute atomic E-state index is 0.0140. The van der Waals surface area contributed by atoms with Crippen LogP contribution in [0.1, 0.15) is 36.0 Å². The third-order valence-electron chi connectivity index (χ3n) is 4.36. The van der Waals surface area contributed by atoms with Gasteiger partial charge in [0.1, 0.15) is 5.75 Å². The maximum absolute atomic E-state index is 12.1. The van der Waals surface area contributed by atoms with Crippen LogP contribution in [0.15, 0.2) is 48.5 Å². The summed E-state index contributed by atoms with van der Waals surface area (Å²) in [7, 11) is 0. The molecule has 0 atom stereocenters. The zero-order valence-corrected chi connectivity index (χ0v) is 13.1. The summed E-state index contributed by atoms with van der Waals surface area (Å²) in [6, 6.07) is 14.2. The van der Waals surface area contributed by atoms with Gasteiger partial charge < -0.3 is 15.7 Å². The molecule has 2 aromatic carbocycles. The van der Waals surface area contributed by atoms with Crippen molar-refractivity contribution < 1.29 is 9.90 Å². The average molecular weight is 310 g/mol. The zero-order chi connectivity index (χ0) is 16.1. The Hall–Kier alpha value is -2.49. The van der Waals surface area contributed by atoms with E-state index in [2.05, 4.69) is 10.6 Å². The largest absolute Gasteiger partial charge is 0.507 e. The number of nitrogens with one attached hydrogen (secondary N) is 2. The minimum atomic E-state index is -0.310. The van der Waals surface area contributed by atoms with Crippen molar-refractivity contribution in [1.29, 1.82) is 0 Å². The first-order valence-electron chi connectivity index (χ1n) is 8.15. The number of phenolic OH excluding ortho intramolecular Hbond substituents is 1. The summed E-state index contributed by atoms with van der Waals surface area (Å²) in [5.41, 5.74) is 2.05. The third-order valence-corrected chi connectivity index (χ3v) is 4.36. The summed E-state index contributed by atoms with van der Waals surface area (Å²) < 4.78 is 0. The van der Waals surface area contributed by atoms with E-state index in [9.17, 15) is 9.90 Å². The molecule has 1 aliphatic rings. The molecule has 1 amide bonds. The summed E-state index contributed by atoms with van der Waals surface area (Å²) in [5, 5.41) is 16.0. The number of para-hydroxylation sites is 1. The molecule has 0 spiro atoms. The van der Waals surface area contributed by atoms with Crippen molar-refractivity contribution in [2.45, 2.75) is 25.7 Å². The van der Waals surface area contributed by atoms with E-state index in [0.29, 0.717) is 5.69 Å². The second-order valence-electron chi connectivity index (χ2n) is 6.08. The molecule has 0 bridgehead atoms. The van der Waals surface area contributed by atoms with Crippen LogP contribution in [-0.2, 0) is 0 Å². The van der Waals surface area contributed by atoms with Gasteiger partial charge in [0, 0.05) is 17.9 Å². The number of anilines is 2. The average Bonchev–Trinajstić information content (AvgIpc) is 3.08. The first-order chi connectivity index (χ1) is 11.2. The van der Waals surface area contributed by atoms with Crippen molar-refractivity contribution in [2.75, 3.05) is 17.2 Å². The molecule has 3 rings (SSSR count). The SMILES string of the molecule is O=C(Nc1ccc(NCC2CCCC2)cc1)c1ccccc1O. The Kier molecular flexibility index (Phi) is 4.81. The standard InChI is InChI=1S/C19H22N2O2/c22-18-8-4-3-7-17(18)19(23)21-16-11-9-15(10-12-16)20-13-14-5-1-2-6-14/h3-4,7-12,14,20,22H,1-2,5-6,13H2,(H,21,23). The molecular formula is C19H22N2O2. The second-order valence-corrected chi connectivity index (χ2v) is 6.08. The molecule has 0 radical (unpaired) electrons. The molecule has 0 heterocycles. The van der Waals surface area contributed by atoms with Crippen LogP contribution in [0.2, 0.25) is 0 Å². The molecule has 4 nitrogen and oxygen atoms in total. The van der Waals surface area contributed by atoms with Crippen molar-refractivity contribution >= 4 is 17.3 Å². The van der Waals surface area contributed by atoms with Gasteiger partial charge in [-0.15, -0.1) is 0 Å². The second kappa shape index (κ2) is 7.18. The number of phenols is 1. The Morgan fingerprint density at radius 2 is 1.65 bits per heavy atom. The van der Waals surface area contributed by atoms with E-state index in [1.807, 2.05) is 24.3 Å². The number of carbonyl (C=O) groups excluding carboxylic acids is 1. The maximum Gasteiger partial charge on any atom is 0.259 e. The van der Waals surface area contributed by atoms with Gasteiger partial charge in [-0.1, -0.05) is 25.0 Å². The van der Waals surface area contributed by atoms with Crippen molar-refractivity contribution in [3.63, 3.8) is 0 Å². The highest BCUT2D eigenvalue weighted by Gasteiger charge is 2.14. The van der Waals surface area contributed by atoms with Gasteiger partial charge in [-0.25, -0.2) is 0 Å². The number of hydrogen-bond acceptors (Lipinski definition) is 3. The Morgan fingerprint density at radius 1 is 1.00 bits per heavy atom. The summed E-state index contributed by atoms with van der Waals surface area (Å²) in [6.07, 6.45) is 5.34. The van der Waals surface area contributed by atoms with Crippen LogP contribution >= 0.6 is 0 Å². The van der Waals surface area contributed by atoms with Crippen LogP contribution in [0, 0.1) is 5.92 Å². The van der Waals surface area contributed by atoms with Crippen molar-refractivity contribution in [2.24, 2.45) is 5.92 Å². The van der Waals surface area contributed by atoms with E-state index in [1.54, 1.807) is 18.2 Å². The van der Waals surface area contributed by atoms with Gasteiger partial charge in [0.25, 0.3) is 5.91 Å². The first kappa shape index (κ1) is 15.4. The summed E-state index contributed by atoms with van der Waals surface area (Å²) in [4.78, 5) is 12.1. The van der Waals surface area contributed by atoms with Crippen molar-refractivity contribution in [3.05, 3.63) is 54.1 Å². The molecule has 0 unspecified atom stereocenters. The van der Waals surface area contributed by atoms with Crippen molar-refractivity contribution in [3.8, 4) is 5.75 Å². The number of rotatable bonds is 5. The van der Waals surface area contributed by atoms with Gasteiger partial charge in [-0.05, 0) is 55.2 Å². The van der Waals surface area contributed by atoms with Gasteiger partial charge in [-0.3, -0.25) is 4.79 Å². The molecule has 2 aromatic rings. The highest BCUT2D eigenvalue weighted by Crippen LogP contribution is 2.25. The number of benzene rings is 2. The lowest BCUT2D eigenvalue weighted by molar-refractivity contribution is 0.102. The predicted octanol–water partition coefficient (Wildman–Crippen LogP) is 4.25. The topological polar surface area (TPSA) is 61.4 Å². The fourth-order valence-electron chi connectivity index (χ4n) is 3.01. The predicted molar refractivity (Wildman–Crippen MR) is 92.9 cm³/mol. The number of carbonyl (C=O) groups is 1. The summed E-state index contributed by atoms with van der Waals surface area (Å²) in [6.45, 7) is 1.02. The highest BCUT2D eigenvalue weighted by molar-refractivity contribution is 6.06. The van der Waals surface area contributed by atoms with Crippen LogP contribution in [0.4, 0.5) is 11.4 Å². The molecule has 0 aliphatic heterocycles. The van der Waals surface area contributed by atoms with Gasteiger partial charge in [0.15, 0.2) is 0 Å². The summed E-state index contributed by atoms with van der Waals surface area (Å²) >= 11 is 0. The fourth-order valence-corrected chi connectivity index (χ4v) is 3.01. The van der Waals surface area contributed by atoms with Gasteiger partial charge in [-0.2, -0.15) is 0 Å². The molecule has 0 saturated heterocycles. The fraction of sp³-hybridized carbons (Fsp3) is 0.316. The van der Waals surface area contributed by atoms with Crippen LogP contribution in [0.25, 0.3) is 0 Å². The van der Waals surface area contributed by atoms with E-state index in [-0.39, 0.29) is 17.2 Å². The van der Waals surface area contributed by atoms with E-state index in [0.717, 1.165) is 18.2 Å². The molecule has 1 saturated carbocycles. The lowest BCUT2D eigenvalue weighted by atomic mass is 10.1. The molecule has 4 heteroatoms. The molecule has 23 heavy (non-hydrogen) atoms. The van der Waals surface area contributed by atoms with Crippen LogP contribution in [0.5, 0.6) is 5.75 Å². The molecular weight excluding hydrogens is 288 g/mol. The Balaban J connectivity index is 1.56. The van der Waals surface area contributed by atoms with E-state index < -0.39 is 0 Å². The third kappa shape index (κ3) is 4.03. The van der Waals surface area contributed by atoms with Gasteiger partial charge in [0.05, 0.1) is 5.56 Å². The molecule has 0 aromatic heterocycles. The number of aromatic hydroxyl groups is 1. The van der Waals surface area contributed by atoms with Crippen LogP contribution < -0.4 is 10.6 Å². The molecule has 3 N–H and O–H groups in total. The van der Waals surface area contributed by atoms with Crippen molar-refractivity contribution in [1.82, 2.24) is 0 Å². The number of amides is 1. The Morgan fingerprint density at radius 3 is 2.35 bits per heavy atom. The molecule has 1 fully saturated rings. The smallest absolute Gasteiger partial charge is 0.259 e. The van der Waals surface area contributed by atoms with E-state index >= 15 is 0 Å². The molecule has 120 valence electrons. The van der Waals surface area contributed by atoms with Gasteiger partial charge >= 0.3 is 0 Å². The van der Waals surface area contributed by atoms with Gasteiger partial charge in [0.2, 0.25) is 0 Å². The van der Waals surface area contributed by atoms with E-state index in [4.69, 9.17) is 0 Å². The lowest BCUT2D eigenvalue weighted by Gasteiger charge is -2.12. The quantitative estimate of drug-likeness (QED) is 0.774. The maximum atomic E-state index is 12.1.